The zero-order valence-electron chi connectivity index (χ0n) is 16.5. The Bertz CT molecular complexity index is 1360. The van der Waals surface area contributed by atoms with E-state index < -0.39 is 21.6 Å². The minimum atomic E-state index is -3.39. The van der Waals surface area contributed by atoms with Crippen LogP contribution in [0.25, 0.3) is 11.0 Å². The van der Waals surface area contributed by atoms with E-state index in [1.807, 2.05) is 0 Å². The molecular weight excluding hydrogens is 421 g/mol. The van der Waals surface area contributed by atoms with Crippen LogP contribution in [0.4, 0.5) is 10.1 Å². The number of anilines is 1. The second-order valence-electron chi connectivity index (χ2n) is 7.01. The second kappa shape index (κ2) is 8.23. The van der Waals surface area contributed by atoms with Gasteiger partial charge < -0.3 is 14.5 Å². The summed E-state index contributed by atoms with van der Waals surface area (Å²) in [5.74, 6) is -0.514. The van der Waals surface area contributed by atoms with Crippen LogP contribution in [0, 0.1) is 5.82 Å². The number of fused-ring (bicyclic) bond motifs is 1. The fourth-order valence-electron chi connectivity index (χ4n) is 3.15. The molecule has 3 aromatic carbocycles. The van der Waals surface area contributed by atoms with Gasteiger partial charge in [-0.15, -0.1) is 0 Å². The van der Waals surface area contributed by atoms with Gasteiger partial charge in [0.1, 0.15) is 22.9 Å². The third-order valence-corrected chi connectivity index (χ3v) is 5.27. The number of ether oxygens (including phenoxy) is 1. The van der Waals surface area contributed by atoms with Crippen molar-refractivity contribution >= 4 is 32.4 Å². The highest BCUT2D eigenvalue weighted by atomic mass is 32.2. The first-order chi connectivity index (χ1) is 14.8. The highest BCUT2D eigenvalue weighted by Crippen LogP contribution is 2.29. The fourth-order valence-corrected chi connectivity index (χ4v) is 3.96. The third-order valence-electron chi connectivity index (χ3n) is 4.46. The maximum atomic E-state index is 13.3. The number of benzene rings is 3. The number of carbonyl (C=O) groups excluding carboxylic acids is 1. The van der Waals surface area contributed by atoms with Gasteiger partial charge in [-0.05, 0) is 42.5 Å². The molecule has 0 aliphatic carbocycles. The highest BCUT2D eigenvalue weighted by molar-refractivity contribution is 7.89. The predicted molar refractivity (Wildman–Crippen MR) is 116 cm³/mol. The summed E-state index contributed by atoms with van der Waals surface area (Å²) in [5, 5.41) is 3.28. The van der Waals surface area contributed by atoms with Crippen molar-refractivity contribution in [2.45, 2.75) is 5.75 Å². The lowest BCUT2D eigenvalue weighted by atomic mass is 10.1. The second-order valence-corrected chi connectivity index (χ2v) is 9.15. The summed E-state index contributed by atoms with van der Waals surface area (Å²) in [4.78, 5) is 12.8. The zero-order chi connectivity index (χ0) is 22.0. The van der Waals surface area contributed by atoms with Crippen LogP contribution < -0.4 is 10.1 Å². The number of nitrogens with one attached hydrogen (secondary N) is 1. The van der Waals surface area contributed by atoms with Gasteiger partial charge in [0.15, 0.2) is 15.6 Å². The van der Waals surface area contributed by atoms with Crippen molar-refractivity contribution in [3.63, 3.8) is 0 Å². The topological polar surface area (TPSA) is 85.6 Å². The van der Waals surface area contributed by atoms with Gasteiger partial charge in [-0.1, -0.05) is 24.3 Å². The summed E-state index contributed by atoms with van der Waals surface area (Å²) < 4.78 is 48.3. The van der Waals surface area contributed by atoms with Crippen molar-refractivity contribution in [2.24, 2.45) is 0 Å². The van der Waals surface area contributed by atoms with Crippen molar-refractivity contribution < 1.29 is 26.8 Å². The molecule has 0 bridgehead atoms. The summed E-state index contributed by atoms with van der Waals surface area (Å²) in [6.45, 7) is 0. The molecule has 0 spiro atoms. The number of halogens is 1. The molecule has 4 aromatic rings. The van der Waals surface area contributed by atoms with Crippen molar-refractivity contribution in [2.75, 3.05) is 11.6 Å². The third kappa shape index (κ3) is 4.92. The van der Waals surface area contributed by atoms with Crippen LogP contribution in [0.5, 0.6) is 11.5 Å². The van der Waals surface area contributed by atoms with E-state index in [-0.39, 0.29) is 11.5 Å². The number of para-hydroxylation sites is 1. The Hall–Kier alpha value is -3.65. The van der Waals surface area contributed by atoms with E-state index in [4.69, 9.17) is 9.15 Å². The summed E-state index contributed by atoms with van der Waals surface area (Å²) in [6, 6.07) is 19.1. The fraction of sp³-hybridized carbons (Fsp3) is 0.0870. The molecule has 0 fully saturated rings. The van der Waals surface area contributed by atoms with Gasteiger partial charge in [0.25, 0.3) is 5.91 Å². The first-order valence-corrected chi connectivity index (χ1v) is 11.4. The Balaban J connectivity index is 1.55. The largest absolute Gasteiger partial charge is 0.457 e. The number of hydrogen-bond donors (Lipinski definition) is 1. The molecule has 0 aliphatic heterocycles. The number of sulfone groups is 1. The average molecular weight is 439 g/mol. The van der Waals surface area contributed by atoms with Crippen LogP contribution in [0.15, 0.2) is 77.2 Å². The van der Waals surface area contributed by atoms with Gasteiger partial charge in [0, 0.05) is 29.0 Å². The number of rotatable bonds is 6. The van der Waals surface area contributed by atoms with Gasteiger partial charge in [-0.3, -0.25) is 4.79 Å². The van der Waals surface area contributed by atoms with Crippen molar-refractivity contribution in [1.29, 1.82) is 0 Å². The van der Waals surface area contributed by atoms with Crippen LogP contribution in [-0.4, -0.2) is 20.6 Å². The molecule has 0 saturated carbocycles. The molecule has 4 rings (SSSR count). The molecule has 1 amide bonds. The molecule has 1 heterocycles. The Morgan fingerprint density at radius 1 is 1.00 bits per heavy atom. The summed E-state index contributed by atoms with van der Waals surface area (Å²) in [7, 11) is -3.39. The van der Waals surface area contributed by atoms with Gasteiger partial charge >= 0.3 is 0 Å². The standard InChI is InChI=1S/C23H18FNO5S/c1-31(27,28)14-20-19-7-2-3-8-21(19)30-22(20)23(26)25-16-9-11-17(12-10-16)29-18-6-4-5-15(24)13-18/h2-13H,14H2,1H3,(H,25,26). The summed E-state index contributed by atoms with van der Waals surface area (Å²) in [6.07, 6.45) is 1.10. The quantitative estimate of drug-likeness (QED) is 0.448. The van der Waals surface area contributed by atoms with Gasteiger partial charge in [-0.2, -0.15) is 0 Å². The minimum absolute atomic E-state index is 0.0493. The maximum absolute atomic E-state index is 13.3. The normalized spacial score (nSPS) is 11.4. The number of amides is 1. The average Bonchev–Trinajstić information content (AvgIpc) is 3.07. The van der Waals surface area contributed by atoms with Crippen LogP contribution in [0.1, 0.15) is 16.1 Å². The van der Waals surface area contributed by atoms with E-state index >= 15 is 0 Å². The lowest BCUT2D eigenvalue weighted by Gasteiger charge is -2.08. The smallest absolute Gasteiger partial charge is 0.291 e. The Kier molecular flexibility index (Phi) is 5.48. The van der Waals surface area contributed by atoms with E-state index in [2.05, 4.69) is 5.32 Å². The lowest BCUT2D eigenvalue weighted by molar-refractivity contribution is 0.0998. The van der Waals surface area contributed by atoms with Gasteiger partial charge in [0.2, 0.25) is 0 Å². The SMILES string of the molecule is CS(=O)(=O)Cc1c(C(=O)Nc2ccc(Oc3cccc(F)c3)cc2)oc2ccccc12. The molecule has 1 N–H and O–H groups in total. The Morgan fingerprint density at radius 3 is 2.45 bits per heavy atom. The molecule has 0 radical (unpaired) electrons. The van der Waals surface area contributed by atoms with E-state index in [9.17, 15) is 17.6 Å². The number of furan rings is 1. The van der Waals surface area contributed by atoms with E-state index in [0.29, 0.717) is 33.7 Å². The molecule has 0 aliphatic rings. The molecule has 8 heteroatoms. The molecule has 31 heavy (non-hydrogen) atoms. The van der Waals surface area contributed by atoms with Gasteiger partial charge in [-0.25, -0.2) is 12.8 Å². The first kappa shape index (κ1) is 20.6. The Labute approximate surface area is 178 Å². The van der Waals surface area contributed by atoms with Crippen LogP contribution in [0.3, 0.4) is 0 Å². The molecule has 0 unspecified atom stereocenters. The molecular formula is C23H18FNO5S. The predicted octanol–water partition coefficient (Wildman–Crippen LogP) is 5.16. The molecule has 1 aromatic heterocycles. The van der Waals surface area contributed by atoms with E-state index in [1.54, 1.807) is 60.7 Å². The molecule has 158 valence electrons. The monoisotopic (exact) mass is 439 g/mol. The first-order valence-electron chi connectivity index (χ1n) is 9.31. The Morgan fingerprint density at radius 2 is 1.74 bits per heavy atom. The van der Waals surface area contributed by atoms with E-state index in [1.165, 1.54) is 12.1 Å². The molecule has 6 nitrogen and oxygen atoms in total. The number of carbonyl (C=O) groups is 1. The van der Waals surface area contributed by atoms with Crippen LogP contribution in [-0.2, 0) is 15.6 Å². The van der Waals surface area contributed by atoms with Crippen molar-refractivity contribution in [3.05, 3.63) is 89.9 Å². The van der Waals surface area contributed by atoms with Crippen molar-refractivity contribution in [3.8, 4) is 11.5 Å². The lowest BCUT2D eigenvalue weighted by Crippen LogP contribution is -2.14. The number of hydrogen-bond acceptors (Lipinski definition) is 5. The zero-order valence-corrected chi connectivity index (χ0v) is 17.3. The van der Waals surface area contributed by atoms with Crippen LogP contribution >= 0.6 is 0 Å². The molecule has 0 atom stereocenters. The maximum Gasteiger partial charge on any atom is 0.291 e. The highest BCUT2D eigenvalue weighted by Gasteiger charge is 2.23. The van der Waals surface area contributed by atoms with Gasteiger partial charge in [0.05, 0.1) is 5.75 Å². The van der Waals surface area contributed by atoms with Crippen LogP contribution in [0.2, 0.25) is 0 Å². The van der Waals surface area contributed by atoms with E-state index in [0.717, 1.165) is 6.26 Å². The summed E-state index contributed by atoms with van der Waals surface area (Å²) in [5.41, 5.74) is 1.22. The summed E-state index contributed by atoms with van der Waals surface area (Å²) >= 11 is 0. The van der Waals surface area contributed by atoms with Crippen molar-refractivity contribution in [1.82, 2.24) is 0 Å². The minimum Gasteiger partial charge on any atom is -0.457 e. The molecule has 0 saturated heterocycles.